The minimum atomic E-state index is 0.0344. The Balaban J connectivity index is 2.18. The molecule has 1 aliphatic rings. The van der Waals surface area contributed by atoms with Crippen molar-refractivity contribution >= 4 is 17.1 Å². The SMILES string of the molecule is CCc1ccc(C(=O)C2=CCCO2)s1. The standard InChI is InChI=1S/C11H12O2S/c1-2-8-5-6-10(14-8)11(12)9-4-3-7-13-9/h4-6H,2-3,7H2,1H3. The Morgan fingerprint density at radius 3 is 3.00 bits per heavy atom. The number of rotatable bonds is 3. The van der Waals surface area contributed by atoms with E-state index in [-0.39, 0.29) is 5.78 Å². The molecule has 0 aromatic carbocycles. The van der Waals surface area contributed by atoms with E-state index >= 15 is 0 Å². The van der Waals surface area contributed by atoms with Gasteiger partial charge in [0.2, 0.25) is 5.78 Å². The minimum Gasteiger partial charge on any atom is -0.489 e. The van der Waals surface area contributed by atoms with Crippen LogP contribution in [0.2, 0.25) is 0 Å². The van der Waals surface area contributed by atoms with Gasteiger partial charge in [-0.2, -0.15) is 0 Å². The lowest BCUT2D eigenvalue weighted by Gasteiger charge is -1.99. The number of ether oxygens (including phenoxy) is 1. The van der Waals surface area contributed by atoms with Gasteiger partial charge in [-0.3, -0.25) is 4.79 Å². The van der Waals surface area contributed by atoms with E-state index in [1.807, 2.05) is 18.2 Å². The highest BCUT2D eigenvalue weighted by Gasteiger charge is 2.18. The first-order valence-corrected chi connectivity index (χ1v) is 5.59. The van der Waals surface area contributed by atoms with Gasteiger partial charge in [-0.25, -0.2) is 0 Å². The van der Waals surface area contributed by atoms with Gasteiger partial charge in [0.05, 0.1) is 11.5 Å². The van der Waals surface area contributed by atoms with Crippen molar-refractivity contribution in [3.8, 4) is 0 Å². The Labute approximate surface area is 87.2 Å². The number of aryl methyl sites for hydroxylation is 1. The van der Waals surface area contributed by atoms with E-state index in [1.54, 1.807) is 11.3 Å². The molecule has 2 heterocycles. The molecule has 3 heteroatoms. The molecule has 0 saturated heterocycles. The van der Waals surface area contributed by atoms with E-state index in [0.717, 1.165) is 17.7 Å². The summed E-state index contributed by atoms with van der Waals surface area (Å²) in [6, 6.07) is 3.89. The first kappa shape index (κ1) is 9.46. The fourth-order valence-electron chi connectivity index (χ4n) is 1.39. The summed E-state index contributed by atoms with van der Waals surface area (Å²) in [5, 5.41) is 0. The highest BCUT2D eigenvalue weighted by Crippen LogP contribution is 2.22. The predicted octanol–water partition coefficient (Wildman–Crippen LogP) is 2.80. The van der Waals surface area contributed by atoms with Gasteiger partial charge in [0, 0.05) is 11.3 Å². The molecule has 0 saturated carbocycles. The summed E-state index contributed by atoms with van der Waals surface area (Å²) in [6.07, 6.45) is 3.71. The van der Waals surface area contributed by atoms with Gasteiger partial charge in [-0.05, 0) is 24.6 Å². The molecule has 0 fully saturated rings. The summed E-state index contributed by atoms with van der Waals surface area (Å²) in [5.41, 5.74) is 0. The van der Waals surface area contributed by atoms with Crippen LogP contribution < -0.4 is 0 Å². The van der Waals surface area contributed by atoms with Gasteiger partial charge in [-0.15, -0.1) is 11.3 Å². The second-order valence-corrected chi connectivity index (χ2v) is 4.32. The maximum atomic E-state index is 11.8. The van der Waals surface area contributed by atoms with Gasteiger partial charge < -0.3 is 4.74 Å². The molecule has 2 nitrogen and oxygen atoms in total. The summed E-state index contributed by atoms with van der Waals surface area (Å²) in [5.74, 6) is 0.557. The Morgan fingerprint density at radius 2 is 2.43 bits per heavy atom. The van der Waals surface area contributed by atoms with Crippen molar-refractivity contribution in [1.29, 1.82) is 0 Å². The van der Waals surface area contributed by atoms with Crippen molar-refractivity contribution in [2.45, 2.75) is 19.8 Å². The Bertz CT molecular complexity index is 376. The third-order valence-electron chi connectivity index (χ3n) is 2.16. The monoisotopic (exact) mass is 208 g/mol. The van der Waals surface area contributed by atoms with Crippen molar-refractivity contribution in [2.24, 2.45) is 0 Å². The van der Waals surface area contributed by atoms with Crippen molar-refractivity contribution < 1.29 is 9.53 Å². The van der Waals surface area contributed by atoms with E-state index < -0.39 is 0 Å². The van der Waals surface area contributed by atoms with Gasteiger partial charge in [0.15, 0.2) is 5.76 Å². The minimum absolute atomic E-state index is 0.0344. The lowest BCUT2D eigenvalue weighted by Crippen LogP contribution is -2.01. The Morgan fingerprint density at radius 1 is 1.57 bits per heavy atom. The van der Waals surface area contributed by atoms with Crippen LogP contribution in [-0.4, -0.2) is 12.4 Å². The third-order valence-corrected chi connectivity index (χ3v) is 3.39. The molecule has 1 aromatic rings. The van der Waals surface area contributed by atoms with Crippen LogP contribution in [0, 0.1) is 0 Å². The zero-order valence-electron chi connectivity index (χ0n) is 8.08. The van der Waals surface area contributed by atoms with Crippen LogP contribution in [0.15, 0.2) is 24.0 Å². The first-order chi connectivity index (χ1) is 6.81. The van der Waals surface area contributed by atoms with Crippen LogP contribution >= 0.6 is 11.3 Å². The number of carbonyl (C=O) groups excluding carboxylic acids is 1. The number of carbonyl (C=O) groups is 1. The second kappa shape index (κ2) is 3.96. The second-order valence-electron chi connectivity index (χ2n) is 3.15. The van der Waals surface area contributed by atoms with E-state index in [2.05, 4.69) is 6.92 Å². The van der Waals surface area contributed by atoms with Crippen molar-refractivity contribution in [2.75, 3.05) is 6.61 Å². The van der Waals surface area contributed by atoms with Gasteiger partial charge in [0.1, 0.15) is 0 Å². The molecule has 0 unspecified atom stereocenters. The number of hydrogen-bond donors (Lipinski definition) is 0. The van der Waals surface area contributed by atoms with Crippen LogP contribution in [-0.2, 0) is 11.2 Å². The molecule has 0 radical (unpaired) electrons. The molecular formula is C11H12O2S. The van der Waals surface area contributed by atoms with E-state index in [4.69, 9.17) is 4.74 Å². The topological polar surface area (TPSA) is 26.3 Å². The van der Waals surface area contributed by atoms with Crippen LogP contribution in [0.25, 0.3) is 0 Å². The highest BCUT2D eigenvalue weighted by molar-refractivity contribution is 7.14. The highest BCUT2D eigenvalue weighted by atomic mass is 32.1. The van der Waals surface area contributed by atoms with Crippen LogP contribution in [0.3, 0.4) is 0 Å². The molecule has 14 heavy (non-hydrogen) atoms. The summed E-state index contributed by atoms with van der Waals surface area (Å²) in [4.78, 5) is 13.8. The fourth-order valence-corrected chi connectivity index (χ4v) is 2.28. The summed E-state index contributed by atoms with van der Waals surface area (Å²) < 4.78 is 5.23. The zero-order valence-corrected chi connectivity index (χ0v) is 8.89. The van der Waals surface area contributed by atoms with Gasteiger partial charge in [0.25, 0.3) is 0 Å². The molecule has 0 aliphatic carbocycles. The molecule has 0 amide bonds. The molecular weight excluding hydrogens is 196 g/mol. The van der Waals surface area contributed by atoms with E-state index in [0.29, 0.717) is 12.4 Å². The number of ketones is 1. The van der Waals surface area contributed by atoms with Crippen LogP contribution in [0.5, 0.6) is 0 Å². The molecule has 0 atom stereocenters. The average molecular weight is 208 g/mol. The number of allylic oxidation sites excluding steroid dienone is 1. The summed E-state index contributed by atoms with van der Waals surface area (Å²) >= 11 is 1.56. The molecule has 2 rings (SSSR count). The number of thiophene rings is 1. The molecule has 0 N–H and O–H groups in total. The average Bonchev–Trinajstić information content (AvgIpc) is 2.88. The number of hydrogen-bond acceptors (Lipinski definition) is 3. The van der Waals surface area contributed by atoms with Gasteiger partial charge in [-0.1, -0.05) is 6.92 Å². The Kier molecular flexibility index (Phi) is 2.68. The van der Waals surface area contributed by atoms with Gasteiger partial charge >= 0.3 is 0 Å². The van der Waals surface area contributed by atoms with Crippen LogP contribution in [0.1, 0.15) is 27.9 Å². The summed E-state index contributed by atoms with van der Waals surface area (Å²) in [7, 11) is 0. The molecule has 74 valence electrons. The first-order valence-electron chi connectivity index (χ1n) is 4.77. The zero-order chi connectivity index (χ0) is 9.97. The van der Waals surface area contributed by atoms with Crippen LogP contribution in [0.4, 0.5) is 0 Å². The largest absolute Gasteiger partial charge is 0.489 e. The van der Waals surface area contributed by atoms with E-state index in [1.165, 1.54) is 4.88 Å². The predicted molar refractivity (Wildman–Crippen MR) is 56.7 cm³/mol. The fraction of sp³-hybridized carbons (Fsp3) is 0.364. The van der Waals surface area contributed by atoms with Crippen molar-refractivity contribution in [3.63, 3.8) is 0 Å². The molecule has 1 aromatic heterocycles. The number of Topliss-reactive ketones (excluding diaryl/α,β-unsaturated/α-hetero) is 1. The van der Waals surface area contributed by atoms with Crippen molar-refractivity contribution in [1.82, 2.24) is 0 Å². The molecule has 0 spiro atoms. The van der Waals surface area contributed by atoms with Crippen molar-refractivity contribution in [3.05, 3.63) is 33.7 Å². The van der Waals surface area contributed by atoms with E-state index in [9.17, 15) is 4.79 Å². The quantitative estimate of drug-likeness (QED) is 0.714. The summed E-state index contributed by atoms with van der Waals surface area (Å²) in [6.45, 7) is 2.73. The lowest BCUT2D eigenvalue weighted by atomic mass is 10.2. The maximum Gasteiger partial charge on any atom is 0.237 e. The molecule has 0 bridgehead atoms. The third kappa shape index (κ3) is 1.73. The normalized spacial score (nSPS) is 15.1. The lowest BCUT2D eigenvalue weighted by molar-refractivity contribution is 0.0946. The molecule has 1 aliphatic heterocycles. The maximum absolute atomic E-state index is 11.8. The smallest absolute Gasteiger partial charge is 0.237 e. The Hall–Kier alpha value is -1.09.